The average molecular weight is 347 g/mol. The zero-order valence-corrected chi connectivity index (χ0v) is 13.2. The van der Waals surface area contributed by atoms with Crippen molar-refractivity contribution in [1.82, 2.24) is 5.32 Å². The van der Waals surface area contributed by atoms with Crippen molar-refractivity contribution >= 4 is 17.4 Å². The lowest BCUT2D eigenvalue weighted by Crippen LogP contribution is -2.30. The summed E-state index contributed by atoms with van der Waals surface area (Å²) in [6.45, 7) is 1.67. The first-order chi connectivity index (χ1) is 11.9. The van der Waals surface area contributed by atoms with E-state index in [4.69, 9.17) is 0 Å². The molecule has 0 radical (unpaired) electrons. The molecule has 1 amide bonds. The summed E-state index contributed by atoms with van der Waals surface area (Å²) in [4.78, 5) is 16.5. The lowest BCUT2D eigenvalue weighted by Gasteiger charge is -2.15. The number of amides is 1. The predicted molar refractivity (Wildman–Crippen MR) is 89.9 cm³/mol. The summed E-state index contributed by atoms with van der Waals surface area (Å²) in [5.41, 5.74) is 0.863. The number of nitrogens with one attached hydrogen (secondary N) is 2. The number of aliphatic imine (C=N–C) groups is 1. The fraction of sp³-hybridized carbons (Fsp3) is 0.222. The first kappa shape index (κ1) is 17.0. The van der Waals surface area contributed by atoms with Gasteiger partial charge in [0.2, 0.25) is 0 Å². The quantitative estimate of drug-likeness (QED) is 0.890. The van der Waals surface area contributed by atoms with E-state index < -0.39 is 17.6 Å². The zero-order valence-electron chi connectivity index (χ0n) is 13.2. The van der Waals surface area contributed by atoms with Crippen LogP contribution in [-0.4, -0.2) is 24.8 Å². The Bertz CT molecular complexity index is 781. The highest BCUT2D eigenvalue weighted by atomic mass is 19.4. The van der Waals surface area contributed by atoms with Gasteiger partial charge in [0.25, 0.3) is 5.91 Å². The maximum absolute atomic E-state index is 12.5. The largest absolute Gasteiger partial charge is 0.416 e. The van der Waals surface area contributed by atoms with Crippen molar-refractivity contribution in [3.63, 3.8) is 0 Å². The average Bonchev–Trinajstić information content (AvgIpc) is 2.62. The molecule has 0 fully saturated rings. The third-order valence-electron chi connectivity index (χ3n) is 3.79. The molecule has 130 valence electrons. The molecule has 0 saturated carbocycles. The fourth-order valence-corrected chi connectivity index (χ4v) is 2.45. The van der Waals surface area contributed by atoms with Crippen LogP contribution in [0.25, 0.3) is 0 Å². The smallest absolute Gasteiger partial charge is 0.370 e. The monoisotopic (exact) mass is 347 g/mol. The van der Waals surface area contributed by atoms with Crippen LogP contribution in [0.3, 0.4) is 0 Å². The first-order valence-corrected chi connectivity index (χ1v) is 7.81. The zero-order chi connectivity index (χ0) is 17.9. The number of hydrogen-bond donors (Lipinski definition) is 2. The van der Waals surface area contributed by atoms with Gasteiger partial charge in [-0.1, -0.05) is 0 Å². The number of benzene rings is 2. The Kier molecular flexibility index (Phi) is 4.74. The summed E-state index contributed by atoms with van der Waals surface area (Å²) >= 11 is 0. The van der Waals surface area contributed by atoms with Crippen molar-refractivity contribution in [3.05, 3.63) is 65.2 Å². The number of hydrogen-bond acceptors (Lipinski definition) is 3. The number of halogens is 3. The number of amidine groups is 1. The van der Waals surface area contributed by atoms with Gasteiger partial charge in [-0.3, -0.25) is 9.79 Å². The van der Waals surface area contributed by atoms with Crippen LogP contribution in [0.4, 0.5) is 18.9 Å². The lowest BCUT2D eigenvalue weighted by molar-refractivity contribution is -0.137. The molecule has 1 aliphatic heterocycles. The molecule has 7 heteroatoms. The first-order valence-electron chi connectivity index (χ1n) is 7.81. The van der Waals surface area contributed by atoms with E-state index in [1.807, 2.05) is 12.1 Å². The number of anilines is 1. The van der Waals surface area contributed by atoms with Crippen LogP contribution in [0, 0.1) is 0 Å². The van der Waals surface area contributed by atoms with Crippen LogP contribution in [0.15, 0.2) is 53.5 Å². The van der Waals surface area contributed by atoms with Gasteiger partial charge in [-0.2, -0.15) is 13.2 Å². The van der Waals surface area contributed by atoms with E-state index in [2.05, 4.69) is 15.6 Å². The van der Waals surface area contributed by atoms with Gasteiger partial charge in [0.05, 0.1) is 5.56 Å². The molecular formula is C18H16F3N3O. The summed E-state index contributed by atoms with van der Waals surface area (Å²) in [6.07, 6.45) is -3.41. The molecule has 0 saturated heterocycles. The molecule has 0 spiro atoms. The van der Waals surface area contributed by atoms with Crippen LogP contribution >= 0.6 is 0 Å². The van der Waals surface area contributed by atoms with Crippen LogP contribution < -0.4 is 10.6 Å². The molecule has 1 aliphatic rings. The molecule has 4 nitrogen and oxygen atoms in total. The molecule has 2 aromatic carbocycles. The highest BCUT2D eigenvalue weighted by molar-refractivity contribution is 6.05. The summed E-state index contributed by atoms with van der Waals surface area (Å²) in [6, 6.07) is 11.2. The Balaban J connectivity index is 1.67. The SMILES string of the molecule is O=C(Nc1ccc(C2=NCCCN2)cc1)c1ccc(C(F)(F)F)cc1. The fourth-order valence-electron chi connectivity index (χ4n) is 2.45. The van der Waals surface area contributed by atoms with Gasteiger partial charge in [0.1, 0.15) is 5.84 Å². The molecule has 25 heavy (non-hydrogen) atoms. The van der Waals surface area contributed by atoms with E-state index in [1.54, 1.807) is 12.1 Å². The minimum Gasteiger partial charge on any atom is -0.370 e. The molecule has 1 heterocycles. The van der Waals surface area contributed by atoms with Crippen molar-refractivity contribution in [2.45, 2.75) is 12.6 Å². The summed E-state index contributed by atoms with van der Waals surface area (Å²) in [5, 5.41) is 5.88. The molecule has 0 unspecified atom stereocenters. The maximum atomic E-state index is 12.5. The van der Waals surface area contributed by atoms with E-state index in [1.165, 1.54) is 0 Å². The van der Waals surface area contributed by atoms with Gasteiger partial charge < -0.3 is 10.6 Å². The van der Waals surface area contributed by atoms with Crippen molar-refractivity contribution < 1.29 is 18.0 Å². The molecule has 3 rings (SSSR count). The van der Waals surface area contributed by atoms with E-state index in [-0.39, 0.29) is 5.56 Å². The number of carbonyl (C=O) groups excluding carboxylic acids is 1. The normalized spacial score (nSPS) is 14.4. The van der Waals surface area contributed by atoms with Gasteiger partial charge in [-0.25, -0.2) is 0 Å². The summed E-state index contributed by atoms with van der Waals surface area (Å²) in [5.74, 6) is 0.362. The van der Waals surface area contributed by atoms with Crippen LogP contribution in [-0.2, 0) is 6.18 Å². The minimum atomic E-state index is -4.42. The maximum Gasteiger partial charge on any atom is 0.416 e. The Labute approximate surface area is 142 Å². The second-order valence-corrected chi connectivity index (χ2v) is 5.62. The Hall–Kier alpha value is -2.83. The minimum absolute atomic E-state index is 0.162. The van der Waals surface area contributed by atoms with E-state index in [9.17, 15) is 18.0 Å². The molecule has 2 aromatic rings. The summed E-state index contributed by atoms with van der Waals surface area (Å²) < 4.78 is 37.6. The third-order valence-corrected chi connectivity index (χ3v) is 3.79. The molecule has 2 N–H and O–H groups in total. The molecule has 0 aliphatic carbocycles. The molecule has 0 atom stereocenters. The van der Waals surface area contributed by atoms with Crippen LogP contribution in [0.2, 0.25) is 0 Å². The molecular weight excluding hydrogens is 331 g/mol. The number of rotatable bonds is 3. The third kappa shape index (κ3) is 4.17. The van der Waals surface area contributed by atoms with Crippen molar-refractivity contribution in [2.24, 2.45) is 4.99 Å². The standard InChI is InChI=1S/C18H16F3N3O/c19-18(20,21)14-6-2-13(3-7-14)17(25)24-15-8-4-12(5-9-15)16-22-10-1-11-23-16/h2-9H,1,10-11H2,(H,22,23)(H,24,25). The van der Waals surface area contributed by atoms with E-state index >= 15 is 0 Å². The van der Waals surface area contributed by atoms with Gasteiger partial charge in [0, 0.05) is 29.9 Å². The van der Waals surface area contributed by atoms with Crippen LogP contribution in [0.5, 0.6) is 0 Å². The predicted octanol–water partition coefficient (Wildman–Crippen LogP) is 3.70. The van der Waals surface area contributed by atoms with Crippen LogP contribution in [0.1, 0.15) is 27.9 Å². The van der Waals surface area contributed by atoms with Gasteiger partial charge >= 0.3 is 6.18 Å². The lowest BCUT2D eigenvalue weighted by atomic mass is 10.1. The number of alkyl halides is 3. The van der Waals surface area contributed by atoms with Gasteiger partial charge in [0.15, 0.2) is 0 Å². The van der Waals surface area contributed by atoms with E-state index in [0.717, 1.165) is 55.2 Å². The Morgan fingerprint density at radius 1 is 1.04 bits per heavy atom. The Morgan fingerprint density at radius 3 is 2.28 bits per heavy atom. The second-order valence-electron chi connectivity index (χ2n) is 5.62. The van der Waals surface area contributed by atoms with Gasteiger partial charge in [-0.15, -0.1) is 0 Å². The number of nitrogens with zero attached hydrogens (tertiary/aromatic N) is 1. The molecule has 0 bridgehead atoms. The second kappa shape index (κ2) is 6.96. The summed E-state index contributed by atoms with van der Waals surface area (Å²) in [7, 11) is 0. The number of carbonyl (C=O) groups is 1. The highest BCUT2D eigenvalue weighted by Crippen LogP contribution is 2.29. The van der Waals surface area contributed by atoms with Crippen molar-refractivity contribution in [2.75, 3.05) is 18.4 Å². The van der Waals surface area contributed by atoms with Crippen molar-refractivity contribution in [3.8, 4) is 0 Å². The topological polar surface area (TPSA) is 53.5 Å². The van der Waals surface area contributed by atoms with Crippen molar-refractivity contribution in [1.29, 1.82) is 0 Å². The Morgan fingerprint density at radius 2 is 1.72 bits per heavy atom. The molecule has 0 aromatic heterocycles. The van der Waals surface area contributed by atoms with Gasteiger partial charge in [-0.05, 0) is 55.0 Å². The van der Waals surface area contributed by atoms with E-state index in [0.29, 0.717) is 5.69 Å². The highest BCUT2D eigenvalue weighted by Gasteiger charge is 2.30.